The zero-order valence-electron chi connectivity index (χ0n) is 13.1. The number of rotatable bonds is 2. The number of carbonyl (C=O) groups excluding carboxylic acids is 1. The van der Waals surface area contributed by atoms with Gasteiger partial charge in [-0.15, -0.1) is 0 Å². The fraction of sp³-hybridized carbons (Fsp3) is 0.250. The third kappa shape index (κ3) is 2.74. The van der Waals surface area contributed by atoms with Gasteiger partial charge in [-0.1, -0.05) is 68.8 Å². The van der Waals surface area contributed by atoms with Crippen LogP contribution in [0, 0.1) is 0 Å². The normalized spacial score (nSPS) is 15.0. The molecule has 22 heavy (non-hydrogen) atoms. The summed E-state index contributed by atoms with van der Waals surface area (Å²) in [5, 5.41) is 0.687. The minimum Gasteiger partial charge on any atom is -0.294 e. The zero-order valence-corrected chi connectivity index (χ0v) is 13.9. The van der Waals surface area contributed by atoms with Gasteiger partial charge in [-0.3, -0.25) is 4.79 Å². The van der Waals surface area contributed by atoms with Crippen molar-refractivity contribution in [2.45, 2.75) is 32.6 Å². The first-order chi connectivity index (χ1) is 10.4. The van der Waals surface area contributed by atoms with Gasteiger partial charge in [0.25, 0.3) is 0 Å². The number of Topliss-reactive ketones (excluding diaryl/α,β-unsaturated/α-hetero) is 1. The Bertz CT molecular complexity index is 744. The Hall–Kier alpha value is -1.86. The monoisotopic (exact) mass is 310 g/mol. The van der Waals surface area contributed by atoms with Crippen molar-refractivity contribution in [1.82, 2.24) is 0 Å². The summed E-state index contributed by atoms with van der Waals surface area (Å²) in [5.74, 6) is 0.206. The van der Waals surface area contributed by atoms with E-state index >= 15 is 0 Å². The highest BCUT2D eigenvalue weighted by Crippen LogP contribution is 2.40. The van der Waals surface area contributed by atoms with Gasteiger partial charge in [-0.25, -0.2) is 0 Å². The lowest BCUT2D eigenvalue weighted by Gasteiger charge is -2.24. The fourth-order valence-corrected chi connectivity index (χ4v) is 2.89. The van der Waals surface area contributed by atoms with Crippen molar-refractivity contribution >= 4 is 28.5 Å². The van der Waals surface area contributed by atoms with Gasteiger partial charge in [0, 0.05) is 17.0 Å². The molecular formula is C20H19ClO. The van der Waals surface area contributed by atoms with Crippen LogP contribution >= 0.6 is 11.6 Å². The highest BCUT2D eigenvalue weighted by molar-refractivity contribution is 6.38. The Morgan fingerprint density at radius 2 is 1.41 bits per heavy atom. The molecule has 0 radical (unpaired) electrons. The van der Waals surface area contributed by atoms with Gasteiger partial charge in [0.05, 0.1) is 0 Å². The van der Waals surface area contributed by atoms with Crippen LogP contribution in [0.5, 0.6) is 0 Å². The molecule has 0 unspecified atom stereocenters. The molecule has 0 saturated carbocycles. The molecule has 3 rings (SSSR count). The predicted molar refractivity (Wildman–Crippen MR) is 93.0 cm³/mol. The van der Waals surface area contributed by atoms with E-state index in [1.165, 1.54) is 5.56 Å². The van der Waals surface area contributed by atoms with E-state index in [0.29, 0.717) is 11.4 Å². The SMILES string of the molecule is CC(C)(C)c1ccc(C2=C(c3ccc(Cl)cc3)C(=O)C2)cc1. The van der Waals surface area contributed by atoms with Crippen molar-refractivity contribution in [3.8, 4) is 0 Å². The summed E-state index contributed by atoms with van der Waals surface area (Å²) in [7, 11) is 0. The number of allylic oxidation sites excluding steroid dienone is 2. The lowest BCUT2D eigenvalue weighted by molar-refractivity contribution is -0.113. The van der Waals surface area contributed by atoms with E-state index in [2.05, 4.69) is 45.0 Å². The van der Waals surface area contributed by atoms with Crippen molar-refractivity contribution < 1.29 is 4.79 Å². The third-order valence-electron chi connectivity index (χ3n) is 4.15. The summed E-state index contributed by atoms with van der Waals surface area (Å²) < 4.78 is 0. The van der Waals surface area contributed by atoms with Crippen molar-refractivity contribution in [1.29, 1.82) is 0 Å². The van der Waals surface area contributed by atoms with E-state index < -0.39 is 0 Å². The molecule has 112 valence electrons. The van der Waals surface area contributed by atoms with Crippen LogP contribution in [0.25, 0.3) is 11.1 Å². The van der Waals surface area contributed by atoms with Crippen LogP contribution in [0.3, 0.4) is 0 Å². The smallest absolute Gasteiger partial charge is 0.168 e. The average Bonchev–Trinajstić information content (AvgIpc) is 2.46. The molecule has 1 aliphatic carbocycles. The summed E-state index contributed by atoms with van der Waals surface area (Å²) in [6, 6.07) is 16.0. The molecule has 0 aromatic heterocycles. The van der Waals surface area contributed by atoms with Crippen molar-refractivity contribution in [3.05, 3.63) is 70.2 Å². The second kappa shape index (κ2) is 5.40. The number of carbonyl (C=O) groups is 1. The van der Waals surface area contributed by atoms with Gasteiger partial charge < -0.3 is 0 Å². The van der Waals surface area contributed by atoms with E-state index in [1.54, 1.807) is 0 Å². The van der Waals surface area contributed by atoms with Crippen molar-refractivity contribution in [3.63, 3.8) is 0 Å². The molecule has 1 aliphatic rings. The molecule has 0 N–H and O–H groups in total. The summed E-state index contributed by atoms with van der Waals surface area (Å²) in [6.45, 7) is 6.61. The van der Waals surface area contributed by atoms with Gasteiger partial charge >= 0.3 is 0 Å². The number of hydrogen-bond acceptors (Lipinski definition) is 1. The molecule has 2 heteroatoms. The van der Waals surface area contributed by atoms with Crippen LogP contribution in [-0.4, -0.2) is 5.78 Å². The molecule has 0 heterocycles. The van der Waals surface area contributed by atoms with Crippen LogP contribution in [0.15, 0.2) is 48.5 Å². The Morgan fingerprint density at radius 3 is 1.91 bits per heavy atom. The topological polar surface area (TPSA) is 17.1 Å². The molecule has 1 nitrogen and oxygen atoms in total. The molecule has 0 aliphatic heterocycles. The first kappa shape index (κ1) is 15.1. The summed E-state index contributed by atoms with van der Waals surface area (Å²) in [6.07, 6.45) is 0.521. The van der Waals surface area contributed by atoms with Gasteiger partial charge in [-0.05, 0) is 39.8 Å². The summed E-state index contributed by atoms with van der Waals surface area (Å²) in [4.78, 5) is 12.0. The van der Waals surface area contributed by atoms with Crippen LogP contribution in [-0.2, 0) is 10.2 Å². The van der Waals surface area contributed by atoms with E-state index in [4.69, 9.17) is 11.6 Å². The summed E-state index contributed by atoms with van der Waals surface area (Å²) >= 11 is 5.93. The first-order valence-corrected chi connectivity index (χ1v) is 7.87. The Balaban J connectivity index is 2.00. The Labute approximate surface area is 136 Å². The van der Waals surface area contributed by atoms with Crippen molar-refractivity contribution in [2.75, 3.05) is 0 Å². The first-order valence-electron chi connectivity index (χ1n) is 7.49. The second-order valence-electron chi connectivity index (χ2n) is 6.79. The van der Waals surface area contributed by atoms with E-state index in [9.17, 15) is 4.79 Å². The molecule has 2 aromatic carbocycles. The molecule has 0 amide bonds. The van der Waals surface area contributed by atoms with Gasteiger partial charge in [0.1, 0.15) is 0 Å². The molecule has 0 bridgehead atoms. The molecule has 2 aromatic rings. The molecule has 0 spiro atoms. The second-order valence-corrected chi connectivity index (χ2v) is 7.22. The molecular weight excluding hydrogens is 292 g/mol. The van der Waals surface area contributed by atoms with Crippen LogP contribution in [0.4, 0.5) is 0 Å². The maximum Gasteiger partial charge on any atom is 0.168 e. The number of hydrogen-bond donors (Lipinski definition) is 0. The largest absolute Gasteiger partial charge is 0.294 e. The van der Waals surface area contributed by atoms with Crippen LogP contribution in [0.1, 0.15) is 43.9 Å². The Morgan fingerprint density at radius 1 is 0.864 bits per heavy atom. The van der Waals surface area contributed by atoms with E-state index in [0.717, 1.165) is 22.3 Å². The minimum atomic E-state index is 0.140. The van der Waals surface area contributed by atoms with E-state index in [1.807, 2.05) is 24.3 Å². The summed E-state index contributed by atoms with van der Waals surface area (Å²) in [5.41, 5.74) is 5.50. The third-order valence-corrected chi connectivity index (χ3v) is 4.40. The fourth-order valence-electron chi connectivity index (χ4n) is 2.77. The Kier molecular flexibility index (Phi) is 3.70. The van der Waals surface area contributed by atoms with E-state index in [-0.39, 0.29) is 11.2 Å². The molecule has 0 saturated heterocycles. The highest BCUT2D eigenvalue weighted by atomic mass is 35.5. The van der Waals surface area contributed by atoms with Crippen LogP contribution < -0.4 is 0 Å². The molecule has 0 atom stereocenters. The molecule has 0 fully saturated rings. The predicted octanol–water partition coefficient (Wildman–Crippen LogP) is 5.52. The standard InChI is InChI=1S/C20H19ClO/c1-20(2,3)15-8-4-13(5-9-15)17-12-18(22)19(17)14-6-10-16(21)11-7-14/h4-11H,12H2,1-3H3. The number of benzene rings is 2. The lowest BCUT2D eigenvalue weighted by Crippen LogP contribution is -2.16. The van der Waals surface area contributed by atoms with Gasteiger partial charge in [-0.2, -0.15) is 0 Å². The maximum absolute atomic E-state index is 12.0. The zero-order chi connectivity index (χ0) is 15.9. The highest BCUT2D eigenvalue weighted by Gasteiger charge is 2.29. The van der Waals surface area contributed by atoms with Gasteiger partial charge in [0.2, 0.25) is 0 Å². The van der Waals surface area contributed by atoms with Gasteiger partial charge in [0.15, 0.2) is 5.78 Å². The van der Waals surface area contributed by atoms with Crippen molar-refractivity contribution in [2.24, 2.45) is 0 Å². The quantitative estimate of drug-likeness (QED) is 0.713. The minimum absolute atomic E-state index is 0.140. The van der Waals surface area contributed by atoms with Crippen LogP contribution in [0.2, 0.25) is 5.02 Å². The number of ketones is 1. The number of halogens is 1. The lowest BCUT2D eigenvalue weighted by atomic mass is 9.78. The maximum atomic E-state index is 12.0. The average molecular weight is 311 g/mol.